The smallest absolute Gasteiger partial charge is 0.332 e. The van der Waals surface area contributed by atoms with Crippen molar-refractivity contribution in [3.05, 3.63) is 59.2 Å². The number of hydrogen-bond acceptors (Lipinski definition) is 2. The van der Waals surface area contributed by atoms with Crippen molar-refractivity contribution in [2.45, 2.75) is 34.1 Å². The Labute approximate surface area is 142 Å². The van der Waals surface area contributed by atoms with Gasteiger partial charge in [-0.05, 0) is 23.0 Å². The number of carboxylic acids is 2. The van der Waals surface area contributed by atoms with Crippen LogP contribution in [0.4, 0.5) is 0 Å². The van der Waals surface area contributed by atoms with E-state index in [1.165, 1.54) is 0 Å². The van der Waals surface area contributed by atoms with Crippen molar-refractivity contribution in [2.75, 3.05) is 0 Å². The highest BCUT2D eigenvalue weighted by molar-refractivity contribution is 5.92. The van der Waals surface area contributed by atoms with E-state index < -0.39 is 23.3 Å². The quantitative estimate of drug-likeness (QED) is 0.878. The monoisotopic (exact) mass is 328 g/mol. The number of carboxylic acid groups (broad SMARTS) is 2. The lowest BCUT2D eigenvalue weighted by Gasteiger charge is -2.39. The fourth-order valence-electron chi connectivity index (χ4n) is 3.39. The largest absolute Gasteiger partial charge is 0.481 e. The van der Waals surface area contributed by atoms with Gasteiger partial charge in [0.25, 0.3) is 0 Å². The van der Waals surface area contributed by atoms with Crippen molar-refractivity contribution in [3.8, 4) is 0 Å². The molecule has 0 aromatic heterocycles. The summed E-state index contributed by atoms with van der Waals surface area (Å²) in [5.41, 5.74) is 0.135. The zero-order chi connectivity index (χ0) is 18.1. The van der Waals surface area contributed by atoms with Gasteiger partial charge in [-0.1, -0.05) is 70.2 Å². The van der Waals surface area contributed by atoms with Crippen LogP contribution in [0.5, 0.6) is 0 Å². The molecule has 2 unspecified atom stereocenters. The lowest BCUT2D eigenvalue weighted by molar-refractivity contribution is -0.148. The molecular weight excluding hydrogens is 304 g/mol. The molecule has 2 atom stereocenters. The SMILES string of the molecule is CC1C(C(=O)O)=C(C(C)(C)C)C=CC1(Cc1ccccc1)C(=O)O. The van der Waals surface area contributed by atoms with Crippen LogP contribution in [0.25, 0.3) is 0 Å². The molecular formula is C20H24O4. The molecule has 0 saturated carbocycles. The highest BCUT2D eigenvalue weighted by atomic mass is 16.4. The topological polar surface area (TPSA) is 74.6 Å². The fraction of sp³-hybridized carbons (Fsp3) is 0.400. The maximum absolute atomic E-state index is 12.1. The third-order valence-electron chi connectivity index (χ3n) is 4.82. The summed E-state index contributed by atoms with van der Waals surface area (Å²) in [6.45, 7) is 7.52. The predicted octanol–water partition coefficient (Wildman–Crippen LogP) is 3.93. The lowest BCUT2D eigenvalue weighted by atomic mass is 9.63. The minimum Gasteiger partial charge on any atom is -0.481 e. The Morgan fingerprint density at radius 2 is 1.71 bits per heavy atom. The summed E-state index contributed by atoms with van der Waals surface area (Å²) in [4.78, 5) is 24.0. The molecule has 0 amide bonds. The van der Waals surface area contributed by atoms with Gasteiger partial charge in [0.15, 0.2) is 0 Å². The van der Waals surface area contributed by atoms with E-state index in [-0.39, 0.29) is 17.4 Å². The number of carbonyl (C=O) groups is 2. The highest BCUT2D eigenvalue weighted by Gasteiger charge is 2.48. The van der Waals surface area contributed by atoms with Crippen molar-refractivity contribution in [2.24, 2.45) is 16.7 Å². The van der Waals surface area contributed by atoms with E-state index >= 15 is 0 Å². The van der Waals surface area contributed by atoms with Gasteiger partial charge >= 0.3 is 11.9 Å². The molecule has 1 aliphatic carbocycles. The van der Waals surface area contributed by atoms with Crippen LogP contribution in [-0.4, -0.2) is 22.2 Å². The van der Waals surface area contributed by atoms with Gasteiger partial charge in [-0.2, -0.15) is 0 Å². The molecule has 4 heteroatoms. The van der Waals surface area contributed by atoms with Crippen LogP contribution in [0.15, 0.2) is 53.6 Å². The van der Waals surface area contributed by atoms with Crippen molar-refractivity contribution < 1.29 is 19.8 Å². The third-order valence-corrected chi connectivity index (χ3v) is 4.82. The molecule has 0 spiro atoms. The van der Waals surface area contributed by atoms with Crippen LogP contribution in [0.1, 0.15) is 33.3 Å². The first-order chi connectivity index (χ1) is 11.1. The average Bonchev–Trinajstić information content (AvgIpc) is 2.48. The minimum absolute atomic E-state index is 0.198. The Bertz CT molecular complexity index is 707. The van der Waals surface area contributed by atoms with E-state index in [9.17, 15) is 19.8 Å². The Kier molecular flexibility index (Phi) is 4.70. The number of rotatable bonds is 4. The summed E-state index contributed by atoms with van der Waals surface area (Å²) >= 11 is 0. The van der Waals surface area contributed by atoms with Crippen molar-refractivity contribution in [1.82, 2.24) is 0 Å². The van der Waals surface area contributed by atoms with Gasteiger partial charge < -0.3 is 10.2 Å². The van der Waals surface area contributed by atoms with Crippen molar-refractivity contribution in [1.29, 1.82) is 0 Å². The van der Waals surface area contributed by atoms with Gasteiger partial charge in [0, 0.05) is 11.5 Å². The molecule has 4 nitrogen and oxygen atoms in total. The van der Waals surface area contributed by atoms with Crippen LogP contribution in [0.3, 0.4) is 0 Å². The second-order valence-corrected chi connectivity index (χ2v) is 7.45. The molecule has 128 valence electrons. The first-order valence-corrected chi connectivity index (χ1v) is 8.04. The second kappa shape index (κ2) is 6.27. The summed E-state index contributed by atoms with van der Waals surface area (Å²) < 4.78 is 0. The van der Waals surface area contributed by atoms with Crippen LogP contribution < -0.4 is 0 Å². The Balaban J connectivity index is 2.58. The van der Waals surface area contributed by atoms with Gasteiger partial charge in [0.2, 0.25) is 0 Å². The van der Waals surface area contributed by atoms with Crippen LogP contribution in [0, 0.1) is 16.7 Å². The van der Waals surface area contributed by atoms with Crippen molar-refractivity contribution >= 4 is 11.9 Å². The van der Waals surface area contributed by atoms with Gasteiger partial charge in [0.1, 0.15) is 0 Å². The van der Waals surface area contributed by atoms with Gasteiger partial charge in [0.05, 0.1) is 5.41 Å². The molecule has 0 saturated heterocycles. The van der Waals surface area contributed by atoms with Crippen LogP contribution >= 0.6 is 0 Å². The normalized spacial score (nSPS) is 24.1. The first-order valence-electron chi connectivity index (χ1n) is 8.04. The number of hydrogen-bond donors (Lipinski definition) is 2. The molecule has 2 rings (SSSR count). The number of benzene rings is 1. The molecule has 0 radical (unpaired) electrons. The van der Waals surface area contributed by atoms with E-state index in [4.69, 9.17) is 0 Å². The van der Waals surface area contributed by atoms with E-state index in [1.807, 2.05) is 51.1 Å². The summed E-state index contributed by atoms with van der Waals surface area (Å²) in [7, 11) is 0. The minimum atomic E-state index is -1.26. The molecule has 2 N–H and O–H groups in total. The van der Waals surface area contributed by atoms with Gasteiger partial charge in [-0.25, -0.2) is 4.79 Å². The molecule has 1 aliphatic rings. The third kappa shape index (κ3) is 3.14. The zero-order valence-electron chi connectivity index (χ0n) is 14.5. The van der Waals surface area contributed by atoms with Gasteiger partial charge in [-0.3, -0.25) is 4.79 Å². The lowest BCUT2D eigenvalue weighted by Crippen LogP contribution is -2.43. The zero-order valence-corrected chi connectivity index (χ0v) is 14.5. The van der Waals surface area contributed by atoms with E-state index in [0.29, 0.717) is 5.57 Å². The fourth-order valence-corrected chi connectivity index (χ4v) is 3.39. The second-order valence-electron chi connectivity index (χ2n) is 7.45. The molecule has 1 aromatic rings. The Morgan fingerprint density at radius 1 is 1.12 bits per heavy atom. The number of aliphatic carboxylic acids is 2. The predicted molar refractivity (Wildman–Crippen MR) is 92.6 cm³/mol. The van der Waals surface area contributed by atoms with Crippen LogP contribution in [0.2, 0.25) is 0 Å². The van der Waals surface area contributed by atoms with E-state index in [2.05, 4.69) is 0 Å². The summed E-state index contributed by atoms with van der Waals surface area (Å²) in [6, 6.07) is 9.33. The summed E-state index contributed by atoms with van der Waals surface area (Å²) in [6.07, 6.45) is 3.63. The maximum atomic E-state index is 12.1. The average molecular weight is 328 g/mol. The van der Waals surface area contributed by atoms with E-state index in [1.54, 1.807) is 19.1 Å². The van der Waals surface area contributed by atoms with Gasteiger partial charge in [-0.15, -0.1) is 0 Å². The van der Waals surface area contributed by atoms with E-state index in [0.717, 1.165) is 5.56 Å². The van der Waals surface area contributed by atoms with Crippen molar-refractivity contribution in [3.63, 3.8) is 0 Å². The summed E-state index contributed by atoms with van der Waals surface area (Å²) in [5, 5.41) is 19.7. The molecule has 1 aromatic carbocycles. The maximum Gasteiger partial charge on any atom is 0.332 e. The molecule has 0 aliphatic heterocycles. The number of allylic oxidation sites excluding steroid dienone is 2. The Morgan fingerprint density at radius 3 is 2.17 bits per heavy atom. The molecule has 0 heterocycles. The van der Waals surface area contributed by atoms with Crippen LogP contribution in [-0.2, 0) is 16.0 Å². The highest BCUT2D eigenvalue weighted by Crippen LogP contribution is 2.46. The molecule has 0 bridgehead atoms. The standard InChI is InChI=1S/C20H24O4/c1-13-16(17(21)22)15(19(2,3)4)10-11-20(13,18(23)24)12-14-8-6-5-7-9-14/h5-11,13H,12H2,1-4H3,(H,21,22)(H,23,24). The Hall–Kier alpha value is -2.36. The molecule has 0 fully saturated rings. The summed E-state index contributed by atoms with van der Waals surface area (Å²) in [5.74, 6) is -2.68. The first kappa shape index (κ1) is 18.0. The molecule has 24 heavy (non-hydrogen) atoms.